The van der Waals surface area contributed by atoms with Crippen LogP contribution in [0.3, 0.4) is 0 Å². The number of rotatable bonds is 3. The zero-order chi connectivity index (χ0) is 14.2. The van der Waals surface area contributed by atoms with Crippen LogP contribution in [0.25, 0.3) is 0 Å². The first kappa shape index (κ1) is 14.4. The number of halogens is 2. The highest BCUT2D eigenvalue weighted by Gasteiger charge is 2.31. The molecular formula is C11H10Cl2O5S. The summed E-state index contributed by atoms with van der Waals surface area (Å²) < 4.78 is 28.1. The van der Waals surface area contributed by atoms with Crippen LogP contribution in [0, 0.1) is 0 Å². The number of carbonyl (C=O) groups is 1. The third-order valence-electron chi connectivity index (χ3n) is 2.71. The molecule has 1 unspecified atom stereocenters. The van der Waals surface area contributed by atoms with E-state index in [2.05, 4.69) is 0 Å². The van der Waals surface area contributed by atoms with Gasteiger partial charge >= 0.3 is 5.97 Å². The highest BCUT2D eigenvalue weighted by Crippen LogP contribution is 2.34. The number of hydrogen-bond donors (Lipinski definition) is 1. The molecule has 0 radical (unpaired) electrons. The van der Waals surface area contributed by atoms with Crippen LogP contribution in [-0.4, -0.2) is 37.1 Å². The van der Waals surface area contributed by atoms with E-state index in [1.54, 1.807) is 0 Å². The predicted octanol–water partition coefficient (Wildman–Crippen LogP) is 2.26. The third kappa shape index (κ3) is 3.32. The van der Waals surface area contributed by atoms with Crippen molar-refractivity contribution in [3.05, 3.63) is 27.7 Å². The molecule has 0 bridgehead atoms. The Kier molecular flexibility index (Phi) is 3.94. The molecule has 1 heterocycles. The standard InChI is InChI=1S/C11H10Cl2O5S/c12-6-3-8(11(14)15)10(9(13)4-6)18-7-1-2-19(16,17)5-7/h3-4,7H,1-2,5H2,(H,14,15). The van der Waals surface area contributed by atoms with Gasteiger partial charge in [0.2, 0.25) is 0 Å². The molecule has 0 spiro atoms. The fourth-order valence-corrected chi connectivity index (χ4v) is 3.99. The number of carboxylic acids is 1. The summed E-state index contributed by atoms with van der Waals surface area (Å²) in [6.07, 6.45) is -0.262. The van der Waals surface area contributed by atoms with Gasteiger partial charge in [0.15, 0.2) is 15.6 Å². The van der Waals surface area contributed by atoms with Crippen molar-refractivity contribution in [2.24, 2.45) is 0 Å². The molecule has 1 atom stereocenters. The smallest absolute Gasteiger partial charge is 0.339 e. The van der Waals surface area contributed by atoms with E-state index in [9.17, 15) is 13.2 Å². The molecule has 104 valence electrons. The van der Waals surface area contributed by atoms with E-state index < -0.39 is 21.9 Å². The maximum atomic E-state index is 11.3. The van der Waals surface area contributed by atoms with E-state index in [0.717, 1.165) is 0 Å². The molecule has 0 aromatic heterocycles. The molecule has 0 saturated carbocycles. The van der Waals surface area contributed by atoms with E-state index >= 15 is 0 Å². The topological polar surface area (TPSA) is 80.7 Å². The summed E-state index contributed by atoms with van der Waals surface area (Å²) >= 11 is 11.6. The quantitative estimate of drug-likeness (QED) is 0.922. The first-order valence-corrected chi connectivity index (χ1v) is 7.95. The first-order valence-electron chi connectivity index (χ1n) is 5.38. The number of aromatic carboxylic acids is 1. The van der Waals surface area contributed by atoms with Crippen molar-refractivity contribution in [2.75, 3.05) is 11.5 Å². The number of hydrogen-bond acceptors (Lipinski definition) is 4. The lowest BCUT2D eigenvalue weighted by molar-refractivity contribution is 0.0690. The Labute approximate surface area is 120 Å². The van der Waals surface area contributed by atoms with E-state index in [4.69, 9.17) is 33.0 Å². The van der Waals surface area contributed by atoms with Crippen LogP contribution < -0.4 is 4.74 Å². The van der Waals surface area contributed by atoms with Crippen molar-refractivity contribution < 1.29 is 23.1 Å². The van der Waals surface area contributed by atoms with Crippen LogP contribution in [-0.2, 0) is 9.84 Å². The lowest BCUT2D eigenvalue weighted by atomic mass is 10.2. The Morgan fingerprint density at radius 2 is 2.05 bits per heavy atom. The summed E-state index contributed by atoms with van der Waals surface area (Å²) in [6, 6.07) is 2.57. The Bertz CT molecular complexity index is 626. The first-order chi connectivity index (χ1) is 8.78. The minimum absolute atomic E-state index is 0.0330. The van der Waals surface area contributed by atoms with Gasteiger partial charge in [-0.3, -0.25) is 0 Å². The molecule has 8 heteroatoms. The molecular weight excluding hydrogens is 315 g/mol. The SMILES string of the molecule is O=C(O)c1cc(Cl)cc(Cl)c1OC1CCS(=O)(=O)C1. The zero-order valence-electron chi connectivity index (χ0n) is 9.60. The van der Waals surface area contributed by atoms with Gasteiger partial charge in [0.05, 0.1) is 16.5 Å². The van der Waals surface area contributed by atoms with Crippen LogP contribution in [0.5, 0.6) is 5.75 Å². The fourth-order valence-electron chi connectivity index (χ4n) is 1.86. The van der Waals surface area contributed by atoms with Gasteiger partial charge < -0.3 is 9.84 Å². The second kappa shape index (κ2) is 5.19. The average Bonchev–Trinajstić information content (AvgIpc) is 2.61. The minimum atomic E-state index is -3.11. The number of sulfone groups is 1. The van der Waals surface area contributed by atoms with Crippen molar-refractivity contribution >= 4 is 39.0 Å². The molecule has 0 aliphatic carbocycles. The highest BCUT2D eigenvalue weighted by molar-refractivity contribution is 7.91. The highest BCUT2D eigenvalue weighted by atomic mass is 35.5. The van der Waals surface area contributed by atoms with Crippen molar-refractivity contribution in [2.45, 2.75) is 12.5 Å². The summed E-state index contributed by atoms with van der Waals surface area (Å²) in [4.78, 5) is 11.1. The summed E-state index contributed by atoms with van der Waals surface area (Å²) in [6.45, 7) is 0. The normalized spacial score (nSPS) is 21.3. The molecule has 1 aliphatic heterocycles. The maximum Gasteiger partial charge on any atom is 0.339 e. The lowest BCUT2D eigenvalue weighted by Gasteiger charge is -2.15. The second-order valence-corrected chi connectivity index (χ2v) is 7.28. The van der Waals surface area contributed by atoms with Gasteiger partial charge in [-0.1, -0.05) is 23.2 Å². The molecule has 2 rings (SSSR count). The molecule has 1 aromatic rings. The summed E-state index contributed by atoms with van der Waals surface area (Å²) in [5.74, 6) is -1.38. The second-order valence-electron chi connectivity index (χ2n) is 4.21. The van der Waals surface area contributed by atoms with E-state index in [-0.39, 0.29) is 32.9 Å². The van der Waals surface area contributed by atoms with E-state index in [1.165, 1.54) is 12.1 Å². The molecule has 1 aromatic carbocycles. The molecule has 1 N–H and O–H groups in total. The van der Waals surface area contributed by atoms with Crippen molar-refractivity contribution in [3.63, 3.8) is 0 Å². The van der Waals surface area contributed by atoms with Crippen LogP contribution >= 0.6 is 23.2 Å². The molecule has 0 amide bonds. The largest absolute Gasteiger partial charge is 0.487 e. The Hall–Kier alpha value is -0.980. The number of benzene rings is 1. The maximum absolute atomic E-state index is 11.3. The molecule has 19 heavy (non-hydrogen) atoms. The molecule has 1 saturated heterocycles. The third-order valence-corrected chi connectivity index (χ3v) is 4.95. The summed E-state index contributed by atoms with van der Waals surface area (Å²) in [5, 5.41) is 9.30. The van der Waals surface area contributed by atoms with Gasteiger partial charge in [-0.2, -0.15) is 0 Å². The van der Waals surface area contributed by atoms with Gasteiger partial charge in [-0.25, -0.2) is 13.2 Å². The van der Waals surface area contributed by atoms with Crippen LogP contribution in [0.15, 0.2) is 12.1 Å². The van der Waals surface area contributed by atoms with Crippen molar-refractivity contribution in [1.82, 2.24) is 0 Å². The lowest BCUT2D eigenvalue weighted by Crippen LogP contribution is -2.19. The summed E-state index contributed by atoms with van der Waals surface area (Å²) in [7, 11) is -3.11. The van der Waals surface area contributed by atoms with Gasteiger partial charge in [0.1, 0.15) is 11.7 Å². The van der Waals surface area contributed by atoms with Crippen LogP contribution in [0.1, 0.15) is 16.8 Å². The van der Waals surface area contributed by atoms with E-state index in [1.807, 2.05) is 0 Å². The fraction of sp³-hybridized carbons (Fsp3) is 0.364. The Balaban J connectivity index is 2.32. The van der Waals surface area contributed by atoms with Gasteiger partial charge in [-0.15, -0.1) is 0 Å². The monoisotopic (exact) mass is 324 g/mol. The van der Waals surface area contributed by atoms with Gasteiger partial charge in [0.25, 0.3) is 0 Å². The average molecular weight is 325 g/mol. The molecule has 1 aliphatic rings. The van der Waals surface area contributed by atoms with E-state index in [0.29, 0.717) is 6.42 Å². The number of carboxylic acid groups (broad SMARTS) is 1. The molecule has 5 nitrogen and oxygen atoms in total. The Morgan fingerprint density at radius 1 is 1.37 bits per heavy atom. The zero-order valence-corrected chi connectivity index (χ0v) is 11.9. The van der Waals surface area contributed by atoms with Crippen LogP contribution in [0.2, 0.25) is 10.0 Å². The molecule has 1 fully saturated rings. The van der Waals surface area contributed by atoms with Crippen molar-refractivity contribution in [1.29, 1.82) is 0 Å². The predicted molar refractivity (Wildman–Crippen MR) is 71.1 cm³/mol. The number of ether oxygens (including phenoxy) is 1. The van der Waals surface area contributed by atoms with Crippen molar-refractivity contribution in [3.8, 4) is 5.75 Å². The van der Waals surface area contributed by atoms with Crippen LogP contribution in [0.4, 0.5) is 0 Å². The van der Waals surface area contributed by atoms with Gasteiger partial charge in [0, 0.05) is 5.02 Å². The summed E-state index contributed by atoms with van der Waals surface area (Å²) in [5.41, 5.74) is -0.179. The Morgan fingerprint density at radius 3 is 2.58 bits per heavy atom. The van der Waals surface area contributed by atoms with Gasteiger partial charge in [-0.05, 0) is 18.6 Å². The minimum Gasteiger partial charge on any atom is -0.487 e.